The van der Waals surface area contributed by atoms with Gasteiger partial charge in [0.05, 0.1) is 54.9 Å². The second kappa shape index (κ2) is 10.2. The normalized spacial score (nSPS) is 20.3. The van der Waals surface area contributed by atoms with E-state index in [4.69, 9.17) is 24.3 Å². The predicted octanol–water partition coefficient (Wildman–Crippen LogP) is 2.25. The number of pyridine rings is 2. The van der Waals surface area contributed by atoms with Crippen molar-refractivity contribution in [1.82, 2.24) is 14.9 Å². The van der Waals surface area contributed by atoms with Gasteiger partial charge in [0, 0.05) is 22.6 Å². The highest BCUT2D eigenvalue weighted by Crippen LogP contribution is 2.45. The highest BCUT2D eigenvalue weighted by atomic mass is 19.1. The lowest BCUT2D eigenvalue weighted by molar-refractivity contribution is -0.172. The number of aromatic nitrogens is 2. The number of aliphatic hydroxyl groups is 2. The number of hydrogen-bond acceptors (Lipinski definition) is 9. The second-order valence-corrected chi connectivity index (χ2v) is 10.5. The predicted molar refractivity (Wildman–Crippen MR) is 143 cm³/mol. The molecular weight excluding hydrogens is 537 g/mol. The molecule has 0 unspecified atom stereocenters. The number of carbonyl (C=O) groups excluding carboxylic acids is 2. The number of aliphatic hydroxyl groups excluding tert-OH is 1. The fourth-order valence-electron chi connectivity index (χ4n) is 6.24. The minimum Gasteiger partial charge on any atom is -0.458 e. The van der Waals surface area contributed by atoms with E-state index >= 15 is 4.39 Å². The molecule has 0 saturated carbocycles. The van der Waals surface area contributed by atoms with Crippen LogP contribution in [0.1, 0.15) is 59.2 Å². The largest absolute Gasteiger partial charge is 0.458 e. The first-order valence-electron chi connectivity index (χ1n) is 13.6. The fraction of sp³-hybridized carbons (Fsp3) is 0.448. The molecule has 0 radical (unpaired) electrons. The summed E-state index contributed by atoms with van der Waals surface area (Å²) in [6.07, 6.45) is 0.328. The minimum absolute atomic E-state index is 0.00313. The lowest BCUT2D eigenvalue weighted by Gasteiger charge is -2.31. The summed E-state index contributed by atoms with van der Waals surface area (Å²) in [6, 6.07) is 2.46. The molecule has 0 bridgehead atoms. The number of amides is 1. The Kier molecular flexibility index (Phi) is 6.79. The van der Waals surface area contributed by atoms with Gasteiger partial charge in [-0.1, -0.05) is 6.92 Å². The Morgan fingerprint density at radius 2 is 2.05 bits per heavy atom. The number of nitrogens with one attached hydrogen (secondary N) is 1. The number of cyclic esters (lactones) is 1. The highest BCUT2D eigenvalue weighted by Gasteiger charge is 2.46. The Balaban J connectivity index is 1.48. The molecule has 3 aliphatic rings. The molecule has 0 fully saturated rings. The Bertz CT molecular complexity index is 1670. The van der Waals surface area contributed by atoms with Crippen LogP contribution in [0.15, 0.2) is 16.9 Å². The van der Waals surface area contributed by atoms with Crippen LogP contribution in [0.2, 0.25) is 0 Å². The zero-order valence-electron chi connectivity index (χ0n) is 22.7. The summed E-state index contributed by atoms with van der Waals surface area (Å²) >= 11 is 0. The molecule has 11 nitrogen and oxygen atoms in total. The topological polar surface area (TPSA) is 149 Å². The Labute approximate surface area is 233 Å². The van der Waals surface area contributed by atoms with Crippen molar-refractivity contribution < 1.29 is 38.4 Å². The van der Waals surface area contributed by atoms with Crippen LogP contribution in [-0.4, -0.2) is 58.3 Å². The average molecular weight is 568 g/mol. The Morgan fingerprint density at radius 1 is 1.24 bits per heavy atom. The summed E-state index contributed by atoms with van der Waals surface area (Å²) in [5, 5.41) is 23.7. The third-order valence-corrected chi connectivity index (χ3v) is 8.37. The maximum absolute atomic E-state index is 15.0. The average Bonchev–Trinajstić information content (AvgIpc) is 3.33. The van der Waals surface area contributed by atoms with Crippen molar-refractivity contribution in [3.05, 3.63) is 61.7 Å². The molecule has 6 rings (SSSR count). The van der Waals surface area contributed by atoms with E-state index in [-0.39, 0.29) is 57.1 Å². The zero-order chi connectivity index (χ0) is 29.1. The number of aryl methyl sites for hydroxylation is 1. The number of rotatable bonds is 7. The number of esters is 1. The van der Waals surface area contributed by atoms with E-state index in [0.29, 0.717) is 40.9 Å². The highest BCUT2D eigenvalue weighted by molar-refractivity contribution is 5.93. The molecule has 0 saturated heterocycles. The molecule has 4 heterocycles. The summed E-state index contributed by atoms with van der Waals surface area (Å²) in [4.78, 5) is 43.7. The number of benzene rings is 1. The van der Waals surface area contributed by atoms with Gasteiger partial charge in [0.1, 0.15) is 19.0 Å². The first-order chi connectivity index (χ1) is 19.7. The number of hydrogen-bond donors (Lipinski definition) is 3. The van der Waals surface area contributed by atoms with Crippen LogP contribution in [-0.2, 0) is 44.2 Å². The van der Waals surface area contributed by atoms with Crippen molar-refractivity contribution in [3.8, 4) is 11.4 Å². The van der Waals surface area contributed by atoms with Crippen molar-refractivity contribution in [2.24, 2.45) is 0 Å². The van der Waals surface area contributed by atoms with Gasteiger partial charge < -0.3 is 34.3 Å². The molecule has 3 aromatic rings. The molecule has 216 valence electrons. The quantitative estimate of drug-likeness (QED) is 0.226. The lowest BCUT2D eigenvalue weighted by Crippen LogP contribution is -2.44. The first kappa shape index (κ1) is 27.3. The molecule has 0 spiro atoms. The van der Waals surface area contributed by atoms with Crippen LogP contribution >= 0.6 is 0 Å². The Hall–Kier alpha value is -3.87. The van der Waals surface area contributed by atoms with Gasteiger partial charge >= 0.3 is 12.1 Å². The molecule has 1 aromatic carbocycles. The van der Waals surface area contributed by atoms with Crippen molar-refractivity contribution in [2.45, 2.75) is 57.9 Å². The lowest BCUT2D eigenvalue weighted by atomic mass is 9.81. The maximum Gasteiger partial charge on any atom is 0.407 e. The van der Waals surface area contributed by atoms with E-state index in [9.17, 15) is 19.5 Å². The van der Waals surface area contributed by atoms with Crippen LogP contribution in [0.4, 0.5) is 9.18 Å². The number of halogens is 1. The first-order valence-corrected chi connectivity index (χ1v) is 13.6. The van der Waals surface area contributed by atoms with Gasteiger partial charge in [-0.15, -0.1) is 0 Å². The number of ether oxygens (including phenoxy) is 3. The van der Waals surface area contributed by atoms with E-state index in [1.165, 1.54) is 10.6 Å². The zero-order valence-corrected chi connectivity index (χ0v) is 22.7. The van der Waals surface area contributed by atoms with Gasteiger partial charge in [-0.25, -0.2) is 19.0 Å². The van der Waals surface area contributed by atoms with Gasteiger partial charge in [0.25, 0.3) is 5.56 Å². The standard InChI is InChI=1S/C29H30FN3O8/c1-3-29(38)18-10-22-25-16(12-33(22)26(35)17(18)13-41-27(29)36)24-20(32-28(37)40-9-8-39-7-6-34)5-4-15-14(2)19(30)11-21(31-25)23(15)24/h10-11,20,34,38H,3-9,12-13H2,1-2H3,(H,32,37)/t20-,29-/m0/s1. The van der Waals surface area contributed by atoms with Crippen LogP contribution in [0.3, 0.4) is 0 Å². The summed E-state index contributed by atoms with van der Waals surface area (Å²) in [7, 11) is 0. The third kappa shape index (κ3) is 4.20. The third-order valence-electron chi connectivity index (χ3n) is 8.37. The van der Waals surface area contributed by atoms with Crippen molar-refractivity contribution in [1.29, 1.82) is 0 Å². The molecule has 2 atom stereocenters. The van der Waals surface area contributed by atoms with Gasteiger partial charge in [-0.05, 0) is 48.9 Å². The molecule has 2 aromatic heterocycles. The SMILES string of the molecule is CC[C@@]1(O)C(=O)OCc2c1cc1n(c2=O)Cc2c-1nc1cc(F)c(C)c3c1c2[C@@H](NC(=O)OCCOCCO)CC3. The summed E-state index contributed by atoms with van der Waals surface area (Å²) < 4.78 is 32.1. The van der Waals surface area contributed by atoms with Crippen molar-refractivity contribution in [3.63, 3.8) is 0 Å². The van der Waals surface area contributed by atoms with Crippen LogP contribution in [0.5, 0.6) is 0 Å². The molecular formula is C29H30FN3O8. The number of alkyl carbamates (subject to hydrolysis) is 1. The molecule has 41 heavy (non-hydrogen) atoms. The number of carbonyl (C=O) groups is 2. The number of fused-ring (bicyclic) bond motifs is 5. The molecule has 1 amide bonds. The Morgan fingerprint density at radius 3 is 2.80 bits per heavy atom. The monoisotopic (exact) mass is 567 g/mol. The molecule has 12 heteroatoms. The van der Waals surface area contributed by atoms with Crippen LogP contribution in [0, 0.1) is 12.7 Å². The van der Waals surface area contributed by atoms with Gasteiger partial charge in [0.15, 0.2) is 5.60 Å². The van der Waals surface area contributed by atoms with E-state index < -0.39 is 35.1 Å². The van der Waals surface area contributed by atoms with E-state index in [1.807, 2.05) is 0 Å². The van der Waals surface area contributed by atoms with Crippen LogP contribution < -0.4 is 10.9 Å². The maximum atomic E-state index is 15.0. The molecule has 2 aliphatic heterocycles. The summed E-state index contributed by atoms with van der Waals surface area (Å²) in [5.74, 6) is -1.22. The van der Waals surface area contributed by atoms with Crippen molar-refractivity contribution >= 4 is 23.0 Å². The van der Waals surface area contributed by atoms with Crippen LogP contribution in [0.25, 0.3) is 22.3 Å². The van der Waals surface area contributed by atoms with Crippen molar-refractivity contribution in [2.75, 3.05) is 26.4 Å². The summed E-state index contributed by atoms with van der Waals surface area (Å²) in [6.45, 7) is 3.38. The second-order valence-electron chi connectivity index (χ2n) is 10.5. The smallest absolute Gasteiger partial charge is 0.407 e. The molecule has 3 N–H and O–H groups in total. The minimum atomic E-state index is -1.97. The van der Waals surface area contributed by atoms with E-state index in [0.717, 1.165) is 16.5 Å². The van der Waals surface area contributed by atoms with Gasteiger partial charge in [-0.3, -0.25) is 4.79 Å². The summed E-state index contributed by atoms with van der Waals surface area (Å²) in [5.41, 5.74) is 1.98. The van der Waals surface area contributed by atoms with Gasteiger partial charge in [0.2, 0.25) is 0 Å². The van der Waals surface area contributed by atoms with Gasteiger partial charge in [-0.2, -0.15) is 0 Å². The number of nitrogens with zero attached hydrogens (tertiary/aromatic N) is 2. The molecule has 1 aliphatic carbocycles. The van der Waals surface area contributed by atoms with E-state index in [1.54, 1.807) is 19.9 Å². The fourth-order valence-corrected chi connectivity index (χ4v) is 6.24. The van der Waals surface area contributed by atoms with E-state index in [2.05, 4.69) is 5.32 Å².